The Morgan fingerprint density at radius 1 is 1.15 bits per heavy atom. The number of amides is 1. The highest BCUT2D eigenvalue weighted by atomic mass is 16.2. The lowest BCUT2D eigenvalue weighted by atomic mass is 9.96. The zero-order valence-electron chi connectivity index (χ0n) is 11.6. The van der Waals surface area contributed by atoms with Gasteiger partial charge in [-0.15, -0.1) is 0 Å². The maximum atomic E-state index is 11.6. The lowest BCUT2D eigenvalue weighted by Crippen LogP contribution is -2.25. The Labute approximate surface area is 118 Å². The molecule has 1 amide bonds. The normalized spacial score (nSPS) is 16.9. The monoisotopic (exact) mass is 266 g/mol. The van der Waals surface area contributed by atoms with E-state index in [4.69, 9.17) is 0 Å². The fourth-order valence-electron chi connectivity index (χ4n) is 2.70. The highest BCUT2D eigenvalue weighted by Crippen LogP contribution is 2.25. The Bertz CT molecular complexity index is 688. The van der Waals surface area contributed by atoms with Crippen LogP contribution in [0.2, 0.25) is 0 Å². The third-order valence-electron chi connectivity index (χ3n) is 3.67. The highest BCUT2D eigenvalue weighted by molar-refractivity contribution is 6.02. The van der Waals surface area contributed by atoms with Crippen LogP contribution in [0.4, 0.5) is 0 Å². The molecule has 1 fully saturated rings. The first-order chi connectivity index (χ1) is 9.79. The van der Waals surface area contributed by atoms with Gasteiger partial charge in [0, 0.05) is 12.1 Å². The van der Waals surface area contributed by atoms with Crippen LogP contribution in [0, 0.1) is 0 Å². The van der Waals surface area contributed by atoms with E-state index in [1.807, 2.05) is 6.08 Å². The van der Waals surface area contributed by atoms with Crippen LogP contribution in [0.3, 0.4) is 0 Å². The van der Waals surface area contributed by atoms with Crippen molar-refractivity contribution >= 4 is 22.8 Å². The summed E-state index contributed by atoms with van der Waals surface area (Å²) in [5, 5.41) is 2.50. The Hall–Kier alpha value is -2.13. The fourth-order valence-corrected chi connectivity index (χ4v) is 2.70. The number of hydrazine groups is 1. The van der Waals surface area contributed by atoms with Crippen molar-refractivity contribution in [3.8, 4) is 0 Å². The van der Waals surface area contributed by atoms with Gasteiger partial charge in [0.25, 0.3) is 5.91 Å². The van der Waals surface area contributed by atoms with Gasteiger partial charge in [-0.05, 0) is 34.4 Å². The molecule has 0 aromatic heterocycles. The van der Waals surface area contributed by atoms with Gasteiger partial charge in [0.2, 0.25) is 0 Å². The minimum Gasteiger partial charge on any atom is -0.287 e. The van der Waals surface area contributed by atoms with Crippen LogP contribution in [0.1, 0.15) is 24.5 Å². The van der Waals surface area contributed by atoms with E-state index in [2.05, 4.69) is 54.2 Å². The molecule has 3 nitrogen and oxygen atoms in total. The largest absolute Gasteiger partial charge is 0.287 e. The number of aryl methyl sites for hydroxylation is 1. The molecule has 0 aliphatic carbocycles. The van der Waals surface area contributed by atoms with Gasteiger partial charge in [-0.1, -0.05) is 49.7 Å². The van der Waals surface area contributed by atoms with Crippen molar-refractivity contribution in [3.63, 3.8) is 0 Å². The second-order valence-corrected chi connectivity index (χ2v) is 5.09. The molecule has 0 spiro atoms. The van der Waals surface area contributed by atoms with E-state index in [1.54, 1.807) is 0 Å². The number of rotatable bonds is 3. The Morgan fingerprint density at radius 2 is 1.95 bits per heavy atom. The quantitative estimate of drug-likeness (QED) is 0.839. The smallest absolute Gasteiger partial charge is 0.262 e. The standard InChI is InChI=1S/C17H18N2O/c1-2-5-12-6-3-9-16-13(7-4-8-15(12)16)10-14-11-18-19-17(14)20/h3-4,6-10,18H,2,5,11H2,1H3,(H,19,20)/b14-10+. The average molecular weight is 266 g/mol. The fraction of sp³-hybridized carbons (Fsp3) is 0.235. The maximum absolute atomic E-state index is 11.6. The van der Waals surface area contributed by atoms with E-state index in [9.17, 15) is 4.79 Å². The predicted octanol–water partition coefficient (Wildman–Crippen LogP) is 2.81. The van der Waals surface area contributed by atoms with Gasteiger partial charge in [-0.2, -0.15) is 0 Å². The van der Waals surface area contributed by atoms with Gasteiger partial charge in [-0.25, -0.2) is 5.43 Å². The molecule has 2 N–H and O–H groups in total. The molecule has 3 rings (SSSR count). The van der Waals surface area contributed by atoms with E-state index in [-0.39, 0.29) is 5.91 Å². The Kier molecular flexibility index (Phi) is 3.52. The van der Waals surface area contributed by atoms with Crippen LogP contribution in [0.5, 0.6) is 0 Å². The molecule has 0 bridgehead atoms. The van der Waals surface area contributed by atoms with Gasteiger partial charge >= 0.3 is 0 Å². The molecular formula is C17H18N2O. The number of hydrogen-bond acceptors (Lipinski definition) is 2. The van der Waals surface area contributed by atoms with Crippen molar-refractivity contribution in [2.24, 2.45) is 0 Å². The number of carbonyl (C=O) groups is 1. The molecule has 1 aliphatic heterocycles. The lowest BCUT2D eigenvalue weighted by Gasteiger charge is -2.08. The number of hydrogen-bond donors (Lipinski definition) is 2. The number of benzene rings is 2. The summed E-state index contributed by atoms with van der Waals surface area (Å²) in [5.74, 6) is -0.0354. The average Bonchev–Trinajstić information content (AvgIpc) is 2.86. The Morgan fingerprint density at radius 3 is 2.70 bits per heavy atom. The first-order valence-electron chi connectivity index (χ1n) is 7.04. The van der Waals surface area contributed by atoms with Crippen molar-refractivity contribution in [2.45, 2.75) is 19.8 Å². The van der Waals surface area contributed by atoms with Crippen LogP contribution >= 0.6 is 0 Å². The number of carbonyl (C=O) groups excluding carboxylic acids is 1. The number of nitrogens with one attached hydrogen (secondary N) is 2. The molecule has 102 valence electrons. The molecule has 1 saturated heterocycles. The molecule has 1 heterocycles. The van der Waals surface area contributed by atoms with Crippen LogP contribution in [0.15, 0.2) is 42.0 Å². The molecule has 0 radical (unpaired) electrons. The number of fused-ring (bicyclic) bond motifs is 1. The summed E-state index contributed by atoms with van der Waals surface area (Å²) in [5.41, 5.74) is 8.72. The van der Waals surface area contributed by atoms with E-state index < -0.39 is 0 Å². The molecule has 2 aromatic rings. The van der Waals surface area contributed by atoms with Crippen molar-refractivity contribution < 1.29 is 4.79 Å². The summed E-state index contributed by atoms with van der Waals surface area (Å²) in [6.45, 7) is 2.77. The van der Waals surface area contributed by atoms with Crippen molar-refractivity contribution in [1.29, 1.82) is 0 Å². The summed E-state index contributed by atoms with van der Waals surface area (Å²) < 4.78 is 0. The molecule has 2 aromatic carbocycles. The topological polar surface area (TPSA) is 41.1 Å². The first-order valence-corrected chi connectivity index (χ1v) is 7.04. The summed E-state index contributed by atoms with van der Waals surface area (Å²) in [7, 11) is 0. The van der Waals surface area contributed by atoms with Crippen LogP contribution in [0.25, 0.3) is 16.8 Å². The van der Waals surface area contributed by atoms with E-state index >= 15 is 0 Å². The summed E-state index contributed by atoms with van der Waals surface area (Å²) in [4.78, 5) is 11.6. The zero-order chi connectivity index (χ0) is 13.9. The van der Waals surface area contributed by atoms with Crippen molar-refractivity contribution in [1.82, 2.24) is 10.9 Å². The second kappa shape index (κ2) is 5.47. The van der Waals surface area contributed by atoms with Crippen LogP contribution < -0.4 is 10.9 Å². The summed E-state index contributed by atoms with van der Waals surface area (Å²) >= 11 is 0. The van der Waals surface area contributed by atoms with Crippen LogP contribution in [-0.2, 0) is 11.2 Å². The third-order valence-corrected chi connectivity index (χ3v) is 3.67. The molecule has 3 heteroatoms. The first kappa shape index (κ1) is 12.9. The molecule has 0 saturated carbocycles. The maximum Gasteiger partial charge on any atom is 0.262 e. The highest BCUT2D eigenvalue weighted by Gasteiger charge is 2.15. The van der Waals surface area contributed by atoms with Gasteiger partial charge in [0.15, 0.2) is 0 Å². The minimum absolute atomic E-state index is 0.0354. The van der Waals surface area contributed by atoms with Crippen molar-refractivity contribution in [3.05, 3.63) is 53.1 Å². The summed E-state index contributed by atoms with van der Waals surface area (Å²) in [6, 6.07) is 12.7. The molecular weight excluding hydrogens is 248 g/mol. The van der Waals surface area contributed by atoms with E-state index in [0.29, 0.717) is 6.54 Å². The molecule has 20 heavy (non-hydrogen) atoms. The molecule has 0 atom stereocenters. The van der Waals surface area contributed by atoms with Crippen LogP contribution in [-0.4, -0.2) is 12.5 Å². The van der Waals surface area contributed by atoms with Gasteiger partial charge in [0.1, 0.15) is 0 Å². The van der Waals surface area contributed by atoms with Crippen molar-refractivity contribution in [2.75, 3.05) is 6.54 Å². The predicted molar refractivity (Wildman–Crippen MR) is 82.1 cm³/mol. The van der Waals surface area contributed by atoms with E-state index in [0.717, 1.165) is 24.0 Å². The SMILES string of the molecule is CCCc1cccc2c(/C=C3\CNNC3=O)cccc12. The molecule has 0 unspecified atom stereocenters. The Balaban J connectivity index is 2.12. The lowest BCUT2D eigenvalue weighted by molar-refractivity contribution is -0.116. The minimum atomic E-state index is -0.0354. The van der Waals surface area contributed by atoms with Gasteiger partial charge in [-0.3, -0.25) is 10.2 Å². The summed E-state index contributed by atoms with van der Waals surface area (Å²) in [6.07, 6.45) is 4.20. The third kappa shape index (κ3) is 2.32. The van der Waals surface area contributed by atoms with Gasteiger partial charge in [0.05, 0.1) is 0 Å². The zero-order valence-corrected chi connectivity index (χ0v) is 11.6. The van der Waals surface area contributed by atoms with Gasteiger partial charge < -0.3 is 0 Å². The second-order valence-electron chi connectivity index (χ2n) is 5.09. The van der Waals surface area contributed by atoms with E-state index in [1.165, 1.54) is 16.3 Å². The molecule has 1 aliphatic rings.